The number of fused-ring (bicyclic) bond motifs is 2. The minimum absolute atomic E-state index is 0.0598. The zero-order chi connectivity index (χ0) is 27.5. The zero-order valence-electron chi connectivity index (χ0n) is 19.5. The largest absolute Gasteiger partial charge is 0.508 e. The molecule has 14 heteroatoms. The van der Waals surface area contributed by atoms with Crippen molar-refractivity contribution in [3.05, 3.63) is 40.1 Å². The summed E-state index contributed by atoms with van der Waals surface area (Å²) in [5, 5.41) is 92.3. The maximum absolute atomic E-state index is 13.2. The van der Waals surface area contributed by atoms with Crippen LogP contribution in [0.1, 0.15) is 11.7 Å². The molecule has 5 rings (SSSR count). The number of aromatic hydroxyl groups is 3. The molecular formula is C24H26O14. The maximum Gasteiger partial charge on any atom is 0.204 e. The van der Waals surface area contributed by atoms with E-state index in [-0.39, 0.29) is 22.3 Å². The SMILES string of the molecule is O=c1c2cc(O)ccc2oc2cc(O)c([C@H]3O[C@H](CO)[C@@H](O)[C@H](O)[C@H]3O[C@H]3OC[C@](O)(CO)[C@H]3O)c(O)c12. The predicted octanol–water partition coefficient (Wildman–Crippen LogP) is -1.96. The molecule has 0 unspecified atom stereocenters. The fourth-order valence-corrected chi connectivity index (χ4v) is 4.80. The van der Waals surface area contributed by atoms with E-state index in [1.54, 1.807) is 0 Å². The summed E-state index contributed by atoms with van der Waals surface area (Å²) in [5.41, 5.74) is -3.51. The van der Waals surface area contributed by atoms with Gasteiger partial charge in [-0.1, -0.05) is 0 Å². The molecule has 2 aliphatic rings. The van der Waals surface area contributed by atoms with Gasteiger partial charge in [0.15, 0.2) is 6.29 Å². The third-order valence-corrected chi connectivity index (χ3v) is 6.96. The molecule has 0 bridgehead atoms. The predicted molar refractivity (Wildman–Crippen MR) is 124 cm³/mol. The van der Waals surface area contributed by atoms with Crippen molar-refractivity contribution in [3.8, 4) is 17.2 Å². The molecule has 2 fully saturated rings. The topological polar surface area (TPSA) is 240 Å². The van der Waals surface area contributed by atoms with E-state index in [4.69, 9.17) is 18.6 Å². The Labute approximate surface area is 212 Å². The van der Waals surface area contributed by atoms with Crippen LogP contribution in [0.5, 0.6) is 17.2 Å². The Balaban J connectivity index is 1.64. The van der Waals surface area contributed by atoms with Gasteiger partial charge >= 0.3 is 0 Å². The van der Waals surface area contributed by atoms with Gasteiger partial charge in [0.25, 0.3) is 0 Å². The molecule has 3 aromatic rings. The Kier molecular flexibility index (Phi) is 6.71. The van der Waals surface area contributed by atoms with Crippen molar-refractivity contribution in [1.82, 2.24) is 0 Å². The summed E-state index contributed by atoms with van der Waals surface area (Å²) < 4.78 is 22.1. The smallest absolute Gasteiger partial charge is 0.204 e. The lowest BCUT2D eigenvalue weighted by molar-refractivity contribution is -0.287. The molecule has 38 heavy (non-hydrogen) atoms. The van der Waals surface area contributed by atoms with Gasteiger partial charge in [0.1, 0.15) is 76.0 Å². The standard InChI is InChI=1S/C24H26O14/c25-5-13-17(30)19(32)21(38-23-22(33)24(34,6-26)7-35-23)20(37-13)14-10(28)4-12-15(18(14)31)16(29)9-3-8(27)1-2-11(9)36-12/h1-4,13,17,19-23,25-28,30-34H,5-7H2/t13-,17-,19+,20-,21-,22+,23-,24-/m1/s1. The van der Waals surface area contributed by atoms with Gasteiger partial charge in [-0.2, -0.15) is 0 Å². The molecule has 2 saturated heterocycles. The molecule has 0 amide bonds. The highest BCUT2D eigenvalue weighted by molar-refractivity contribution is 5.95. The number of phenolic OH excluding ortho intramolecular Hbond substituents is 3. The van der Waals surface area contributed by atoms with Gasteiger partial charge in [-0.3, -0.25) is 4.79 Å². The van der Waals surface area contributed by atoms with Crippen molar-refractivity contribution < 1.29 is 64.6 Å². The molecule has 0 spiro atoms. The van der Waals surface area contributed by atoms with Gasteiger partial charge in [0.05, 0.1) is 30.8 Å². The number of benzene rings is 2. The van der Waals surface area contributed by atoms with E-state index in [1.807, 2.05) is 0 Å². The second kappa shape index (κ2) is 9.60. The molecule has 0 aliphatic carbocycles. The summed E-state index contributed by atoms with van der Waals surface area (Å²) in [6.07, 6.45) is -11.9. The normalized spacial score (nSPS) is 33.8. The summed E-state index contributed by atoms with van der Waals surface area (Å²) in [7, 11) is 0. The molecule has 8 atom stereocenters. The molecule has 9 N–H and O–H groups in total. The third kappa shape index (κ3) is 4.07. The van der Waals surface area contributed by atoms with Gasteiger partial charge < -0.3 is 64.6 Å². The first-order chi connectivity index (χ1) is 18.0. The second-order valence-electron chi connectivity index (χ2n) is 9.39. The van der Waals surface area contributed by atoms with E-state index >= 15 is 0 Å². The molecule has 0 saturated carbocycles. The first-order valence-electron chi connectivity index (χ1n) is 11.6. The monoisotopic (exact) mass is 538 g/mol. The van der Waals surface area contributed by atoms with Crippen molar-refractivity contribution >= 4 is 21.9 Å². The van der Waals surface area contributed by atoms with Crippen molar-refractivity contribution in [2.75, 3.05) is 19.8 Å². The van der Waals surface area contributed by atoms with Crippen LogP contribution in [0.3, 0.4) is 0 Å². The Morgan fingerprint density at radius 2 is 1.76 bits per heavy atom. The van der Waals surface area contributed by atoms with Crippen LogP contribution in [0.15, 0.2) is 33.5 Å². The van der Waals surface area contributed by atoms with E-state index in [9.17, 15) is 50.8 Å². The van der Waals surface area contributed by atoms with Gasteiger partial charge in [0.2, 0.25) is 5.43 Å². The fraction of sp³-hybridized carbons (Fsp3) is 0.458. The Hall–Kier alpha value is -3.05. The first-order valence-corrected chi connectivity index (χ1v) is 11.6. The van der Waals surface area contributed by atoms with Crippen LogP contribution < -0.4 is 5.43 Å². The Bertz CT molecular complexity index is 1420. The van der Waals surface area contributed by atoms with E-state index in [1.165, 1.54) is 12.1 Å². The van der Waals surface area contributed by atoms with E-state index in [0.29, 0.717) is 0 Å². The number of phenols is 3. The van der Waals surface area contributed by atoms with Gasteiger partial charge in [-0.15, -0.1) is 0 Å². The Morgan fingerprint density at radius 1 is 1.03 bits per heavy atom. The van der Waals surface area contributed by atoms with Gasteiger partial charge in [-0.25, -0.2) is 0 Å². The summed E-state index contributed by atoms with van der Waals surface area (Å²) in [5.74, 6) is -1.75. The quantitative estimate of drug-likeness (QED) is 0.160. The molecule has 2 aliphatic heterocycles. The van der Waals surface area contributed by atoms with Crippen LogP contribution in [0.2, 0.25) is 0 Å². The van der Waals surface area contributed by atoms with Crippen LogP contribution in [0.25, 0.3) is 21.9 Å². The number of ether oxygens (including phenoxy) is 3. The van der Waals surface area contributed by atoms with E-state index < -0.39 is 96.2 Å². The molecule has 2 aromatic carbocycles. The van der Waals surface area contributed by atoms with E-state index in [2.05, 4.69) is 0 Å². The lowest BCUT2D eigenvalue weighted by Gasteiger charge is -2.43. The third-order valence-electron chi connectivity index (χ3n) is 6.96. The molecule has 1 aromatic heterocycles. The number of hydrogen-bond donors (Lipinski definition) is 9. The van der Waals surface area contributed by atoms with Crippen molar-refractivity contribution in [1.29, 1.82) is 0 Å². The number of hydrogen-bond acceptors (Lipinski definition) is 14. The molecule has 0 radical (unpaired) electrons. The molecule has 206 valence electrons. The highest BCUT2D eigenvalue weighted by Gasteiger charge is 2.53. The Morgan fingerprint density at radius 3 is 2.42 bits per heavy atom. The highest BCUT2D eigenvalue weighted by atomic mass is 16.7. The van der Waals surface area contributed by atoms with Crippen molar-refractivity contribution in [2.24, 2.45) is 0 Å². The van der Waals surface area contributed by atoms with E-state index in [0.717, 1.165) is 12.1 Å². The molecular weight excluding hydrogens is 512 g/mol. The van der Waals surface area contributed by atoms with Crippen LogP contribution in [-0.4, -0.2) is 108 Å². The average Bonchev–Trinajstić information content (AvgIpc) is 3.17. The number of aliphatic hydroxyl groups is 6. The van der Waals surface area contributed by atoms with Gasteiger partial charge in [-0.05, 0) is 18.2 Å². The van der Waals surface area contributed by atoms with Crippen LogP contribution in [0.4, 0.5) is 0 Å². The average molecular weight is 538 g/mol. The van der Waals surface area contributed by atoms with Crippen LogP contribution in [0, 0.1) is 0 Å². The summed E-state index contributed by atoms with van der Waals surface area (Å²) in [6, 6.07) is 4.74. The minimum atomic E-state index is -2.09. The fourth-order valence-electron chi connectivity index (χ4n) is 4.80. The van der Waals surface area contributed by atoms with Crippen molar-refractivity contribution in [3.63, 3.8) is 0 Å². The first kappa shape index (κ1) is 26.6. The van der Waals surface area contributed by atoms with Crippen molar-refractivity contribution in [2.45, 2.75) is 48.5 Å². The lowest BCUT2D eigenvalue weighted by atomic mass is 9.89. The lowest BCUT2D eigenvalue weighted by Crippen LogP contribution is -2.58. The summed E-state index contributed by atoms with van der Waals surface area (Å²) >= 11 is 0. The highest BCUT2D eigenvalue weighted by Crippen LogP contribution is 2.46. The molecule has 3 heterocycles. The van der Waals surface area contributed by atoms with Crippen LogP contribution >= 0.6 is 0 Å². The maximum atomic E-state index is 13.2. The summed E-state index contributed by atoms with van der Waals surface area (Å²) in [6.45, 7) is -2.23. The van der Waals surface area contributed by atoms with Gasteiger partial charge in [0, 0.05) is 6.07 Å². The van der Waals surface area contributed by atoms with Crippen LogP contribution in [-0.2, 0) is 14.2 Å². The zero-order valence-corrected chi connectivity index (χ0v) is 19.5. The second-order valence-corrected chi connectivity index (χ2v) is 9.39. The summed E-state index contributed by atoms with van der Waals surface area (Å²) in [4.78, 5) is 13.2. The minimum Gasteiger partial charge on any atom is -0.508 e. The number of aliphatic hydroxyl groups excluding tert-OH is 5. The molecule has 14 nitrogen and oxygen atoms in total. The number of rotatable bonds is 5.